The maximum atomic E-state index is 10.6. The van der Waals surface area contributed by atoms with Crippen LogP contribution in [0.15, 0.2) is 24.4 Å². The van der Waals surface area contributed by atoms with E-state index in [4.69, 9.17) is 5.11 Å². The highest BCUT2D eigenvalue weighted by Crippen LogP contribution is 2.26. The van der Waals surface area contributed by atoms with Gasteiger partial charge in [0.15, 0.2) is 6.10 Å². The fourth-order valence-corrected chi connectivity index (χ4v) is 1.50. The Hall–Kier alpha value is -2.01. The molecule has 1 heterocycles. The zero-order chi connectivity index (χ0) is 11.0. The number of H-pyrrole nitrogens is 1. The summed E-state index contributed by atoms with van der Waals surface area (Å²) in [6, 6.07) is 4.46. The summed E-state index contributed by atoms with van der Waals surface area (Å²) in [5, 5.41) is 27.8. The van der Waals surface area contributed by atoms with Crippen molar-refractivity contribution in [2.45, 2.75) is 6.10 Å². The first-order valence-electron chi connectivity index (χ1n) is 4.30. The Kier molecular flexibility index (Phi) is 2.09. The summed E-state index contributed by atoms with van der Waals surface area (Å²) >= 11 is 0. The molecule has 5 heteroatoms. The molecule has 5 nitrogen and oxygen atoms in total. The number of carboxylic acids is 1. The lowest BCUT2D eigenvalue weighted by Crippen LogP contribution is -2.09. The van der Waals surface area contributed by atoms with Crippen LogP contribution in [0.2, 0.25) is 0 Å². The van der Waals surface area contributed by atoms with E-state index in [9.17, 15) is 15.0 Å². The predicted octanol–water partition coefficient (Wildman–Crippen LogP) is 0.991. The largest absolute Gasteiger partial charge is 0.508 e. The monoisotopic (exact) mass is 207 g/mol. The number of benzene rings is 1. The number of hydrogen-bond acceptors (Lipinski definition) is 3. The number of aromatic hydroxyl groups is 1. The quantitative estimate of drug-likeness (QED) is 0.590. The fraction of sp³-hybridized carbons (Fsp3) is 0.100. The Labute approximate surface area is 84.6 Å². The fourth-order valence-electron chi connectivity index (χ4n) is 1.50. The van der Waals surface area contributed by atoms with Gasteiger partial charge >= 0.3 is 5.97 Å². The summed E-state index contributed by atoms with van der Waals surface area (Å²) in [5.41, 5.74) is 0.878. The molecular weight excluding hydrogens is 198 g/mol. The third-order valence-corrected chi connectivity index (χ3v) is 2.23. The average molecular weight is 207 g/mol. The molecule has 2 rings (SSSR count). The molecule has 0 bridgehead atoms. The maximum absolute atomic E-state index is 10.6. The number of fused-ring (bicyclic) bond motifs is 1. The van der Waals surface area contributed by atoms with Gasteiger partial charge in [0.2, 0.25) is 0 Å². The van der Waals surface area contributed by atoms with Crippen LogP contribution in [0.4, 0.5) is 0 Å². The first-order valence-corrected chi connectivity index (χ1v) is 4.30. The van der Waals surface area contributed by atoms with E-state index in [-0.39, 0.29) is 11.3 Å². The molecule has 0 amide bonds. The number of aromatic amines is 1. The van der Waals surface area contributed by atoms with Gasteiger partial charge in [-0.05, 0) is 12.1 Å². The SMILES string of the molecule is O=C(O)C(O)c1c[nH]c2cc(O)ccc12. The van der Waals surface area contributed by atoms with Crippen molar-refractivity contribution in [3.05, 3.63) is 30.0 Å². The first-order chi connectivity index (χ1) is 7.09. The van der Waals surface area contributed by atoms with Gasteiger partial charge in [0.1, 0.15) is 5.75 Å². The van der Waals surface area contributed by atoms with Gasteiger partial charge in [0.25, 0.3) is 0 Å². The van der Waals surface area contributed by atoms with E-state index in [2.05, 4.69) is 4.98 Å². The molecule has 1 aromatic carbocycles. The lowest BCUT2D eigenvalue weighted by molar-refractivity contribution is -0.146. The number of aliphatic hydroxyl groups excluding tert-OH is 1. The number of carbonyl (C=O) groups is 1. The summed E-state index contributed by atoms with van der Waals surface area (Å²) in [4.78, 5) is 13.4. The van der Waals surface area contributed by atoms with Crippen molar-refractivity contribution in [1.29, 1.82) is 0 Å². The minimum atomic E-state index is -1.55. The van der Waals surface area contributed by atoms with Gasteiger partial charge in [-0.2, -0.15) is 0 Å². The smallest absolute Gasteiger partial charge is 0.337 e. The first kappa shape index (κ1) is 9.54. The molecule has 15 heavy (non-hydrogen) atoms. The summed E-state index contributed by atoms with van der Waals surface area (Å²) in [7, 11) is 0. The number of phenols is 1. The number of nitrogens with one attached hydrogen (secondary N) is 1. The van der Waals surface area contributed by atoms with Crippen LogP contribution in [0.5, 0.6) is 5.75 Å². The summed E-state index contributed by atoms with van der Waals surface area (Å²) in [5.74, 6) is -1.22. The van der Waals surface area contributed by atoms with Crippen molar-refractivity contribution < 1.29 is 20.1 Å². The van der Waals surface area contributed by atoms with Crippen molar-refractivity contribution in [2.24, 2.45) is 0 Å². The zero-order valence-electron chi connectivity index (χ0n) is 7.64. The van der Waals surface area contributed by atoms with Gasteiger partial charge in [-0.3, -0.25) is 0 Å². The third kappa shape index (κ3) is 1.53. The van der Waals surface area contributed by atoms with E-state index >= 15 is 0 Å². The minimum absolute atomic E-state index is 0.0840. The van der Waals surface area contributed by atoms with E-state index in [1.54, 1.807) is 6.07 Å². The van der Waals surface area contributed by atoms with Gasteiger partial charge in [-0.25, -0.2) is 4.79 Å². The predicted molar refractivity (Wildman–Crippen MR) is 52.6 cm³/mol. The molecule has 1 atom stereocenters. The van der Waals surface area contributed by atoms with Crippen molar-refractivity contribution in [1.82, 2.24) is 4.98 Å². The molecule has 0 aliphatic heterocycles. The molecule has 78 valence electrons. The van der Waals surface area contributed by atoms with Gasteiger partial charge in [0.05, 0.1) is 0 Å². The van der Waals surface area contributed by atoms with Crippen LogP contribution in [0, 0.1) is 0 Å². The number of aliphatic carboxylic acids is 1. The lowest BCUT2D eigenvalue weighted by atomic mass is 10.1. The van der Waals surface area contributed by atoms with E-state index in [0.29, 0.717) is 10.9 Å². The van der Waals surface area contributed by atoms with Crippen LogP contribution in [0.25, 0.3) is 10.9 Å². The molecule has 0 radical (unpaired) electrons. The molecule has 0 fully saturated rings. The molecule has 2 aromatic rings. The highest BCUT2D eigenvalue weighted by Gasteiger charge is 2.19. The normalized spacial score (nSPS) is 12.9. The third-order valence-electron chi connectivity index (χ3n) is 2.23. The highest BCUT2D eigenvalue weighted by atomic mass is 16.4. The van der Waals surface area contributed by atoms with Gasteiger partial charge in [0, 0.05) is 28.7 Å². The molecule has 1 aromatic heterocycles. The van der Waals surface area contributed by atoms with E-state index in [1.165, 1.54) is 18.3 Å². The van der Waals surface area contributed by atoms with Crippen LogP contribution in [-0.2, 0) is 4.79 Å². The van der Waals surface area contributed by atoms with E-state index < -0.39 is 12.1 Å². The highest BCUT2D eigenvalue weighted by molar-refractivity contribution is 5.89. The Balaban J connectivity index is 2.59. The number of aliphatic hydroxyl groups is 1. The van der Waals surface area contributed by atoms with Crippen LogP contribution in [-0.4, -0.2) is 26.3 Å². The number of rotatable bonds is 2. The molecule has 0 saturated heterocycles. The Morgan fingerprint density at radius 2 is 2.13 bits per heavy atom. The molecule has 4 N–H and O–H groups in total. The molecule has 0 spiro atoms. The second-order valence-corrected chi connectivity index (χ2v) is 3.21. The molecule has 1 unspecified atom stereocenters. The molecular formula is C10H9NO4. The second kappa shape index (κ2) is 3.29. The maximum Gasteiger partial charge on any atom is 0.337 e. The van der Waals surface area contributed by atoms with Crippen molar-refractivity contribution >= 4 is 16.9 Å². The van der Waals surface area contributed by atoms with Crippen LogP contribution in [0.1, 0.15) is 11.7 Å². The van der Waals surface area contributed by atoms with Crippen molar-refractivity contribution in [3.8, 4) is 5.75 Å². The van der Waals surface area contributed by atoms with E-state index in [0.717, 1.165) is 0 Å². The van der Waals surface area contributed by atoms with Crippen LogP contribution < -0.4 is 0 Å². The zero-order valence-corrected chi connectivity index (χ0v) is 7.64. The number of carboxylic acid groups (broad SMARTS) is 1. The van der Waals surface area contributed by atoms with Gasteiger partial charge in [-0.1, -0.05) is 0 Å². The Morgan fingerprint density at radius 3 is 2.80 bits per heavy atom. The average Bonchev–Trinajstić information content (AvgIpc) is 2.59. The van der Waals surface area contributed by atoms with E-state index in [1.807, 2.05) is 0 Å². The number of phenolic OH excluding ortho intramolecular Hbond substituents is 1. The summed E-state index contributed by atoms with van der Waals surface area (Å²) in [6.07, 6.45) is -0.133. The molecule has 0 aliphatic carbocycles. The lowest BCUT2D eigenvalue weighted by Gasteiger charge is -2.02. The van der Waals surface area contributed by atoms with Crippen molar-refractivity contribution in [2.75, 3.05) is 0 Å². The Morgan fingerprint density at radius 1 is 1.40 bits per heavy atom. The summed E-state index contributed by atoms with van der Waals surface area (Å²) < 4.78 is 0. The topological polar surface area (TPSA) is 93.5 Å². The standard InChI is InChI=1S/C10H9NO4/c12-5-1-2-6-7(9(13)10(14)15)4-11-8(6)3-5/h1-4,9,11-13H,(H,14,15). The summed E-state index contributed by atoms with van der Waals surface area (Å²) in [6.45, 7) is 0. The molecule has 0 saturated carbocycles. The molecule has 0 aliphatic rings. The van der Waals surface area contributed by atoms with Gasteiger partial charge < -0.3 is 20.3 Å². The second-order valence-electron chi connectivity index (χ2n) is 3.21. The Bertz CT molecular complexity index is 517. The van der Waals surface area contributed by atoms with Gasteiger partial charge in [-0.15, -0.1) is 0 Å². The number of aromatic nitrogens is 1. The van der Waals surface area contributed by atoms with Crippen molar-refractivity contribution in [3.63, 3.8) is 0 Å². The number of hydrogen-bond donors (Lipinski definition) is 4. The minimum Gasteiger partial charge on any atom is -0.508 e. The van der Waals surface area contributed by atoms with Crippen LogP contribution >= 0.6 is 0 Å². The van der Waals surface area contributed by atoms with Crippen LogP contribution in [0.3, 0.4) is 0 Å².